The number of thiophene rings is 1. The summed E-state index contributed by atoms with van der Waals surface area (Å²) in [6.07, 6.45) is 3.36. The summed E-state index contributed by atoms with van der Waals surface area (Å²) >= 11 is 1.60. The van der Waals surface area contributed by atoms with Gasteiger partial charge in [0, 0.05) is 5.41 Å². The van der Waals surface area contributed by atoms with Gasteiger partial charge in [-0.2, -0.15) is 0 Å². The van der Waals surface area contributed by atoms with Crippen LogP contribution in [-0.2, 0) is 12.0 Å². The third-order valence-corrected chi connectivity index (χ3v) is 3.78. The van der Waals surface area contributed by atoms with Gasteiger partial charge >= 0.3 is 0 Å². The first kappa shape index (κ1) is 13.1. The van der Waals surface area contributed by atoms with Crippen molar-refractivity contribution in [3.63, 3.8) is 0 Å². The molecule has 5 nitrogen and oxygen atoms in total. The van der Waals surface area contributed by atoms with Crippen LogP contribution in [0, 0.1) is 0 Å². The molecule has 1 N–H and O–H groups in total. The summed E-state index contributed by atoms with van der Waals surface area (Å²) in [6, 6.07) is 2.01. The zero-order chi connectivity index (χ0) is 14.2. The maximum absolute atomic E-state index is 5.75. The van der Waals surface area contributed by atoms with E-state index in [0.717, 1.165) is 21.8 Å². The highest BCUT2D eigenvalue weighted by molar-refractivity contribution is 7.16. The fourth-order valence-corrected chi connectivity index (χ4v) is 2.56. The van der Waals surface area contributed by atoms with Gasteiger partial charge in [0.2, 0.25) is 5.89 Å². The van der Waals surface area contributed by atoms with Crippen LogP contribution in [0.2, 0.25) is 0 Å². The third-order valence-electron chi connectivity index (χ3n) is 2.96. The quantitative estimate of drug-likeness (QED) is 0.798. The second-order valence-corrected chi connectivity index (χ2v) is 6.48. The van der Waals surface area contributed by atoms with Gasteiger partial charge in [-0.05, 0) is 11.4 Å². The van der Waals surface area contributed by atoms with E-state index in [2.05, 4.69) is 41.0 Å². The van der Waals surface area contributed by atoms with Gasteiger partial charge in [0.05, 0.1) is 18.1 Å². The van der Waals surface area contributed by atoms with E-state index < -0.39 is 0 Å². The molecule has 0 saturated heterocycles. The smallest absolute Gasteiger partial charge is 0.213 e. The second kappa shape index (κ2) is 4.86. The highest BCUT2D eigenvalue weighted by Gasteiger charge is 2.19. The van der Waals surface area contributed by atoms with Crippen molar-refractivity contribution in [2.45, 2.75) is 32.7 Å². The van der Waals surface area contributed by atoms with Gasteiger partial charge in [-0.3, -0.25) is 0 Å². The SMILES string of the molecule is CC(C)(C)c1cnc(CNc2ncnc3sccc23)o1. The average molecular weight is 288 g/mol. The first-order chi connectivity index (χ1) is 9.54. The van der Waals surface area contributed by atoms with Crippen molar-refractivity contribution in [1.29, 1.82) is 0 Å². The topological polar surface area (TPSA) is 63.8 Å². The van der Waals surface area contributed by atoms with Crippen molar-refractivity contribution >= 4 is 27.4 Å². The van der Waals surface area contributed by atoms with Crippen LogP contribution < -0.4 is 5.32 Å². The predicted octanol–water partition coefficient (Wildman–Crippen LogP) is 3.59. The molecule has 0 amide bonds. The number of fused-ring (bicyclic) bond motifs is 1. The van der Waals surface area contributed by atoms with E-state index >= 15 is 0 Å². The van der Waals surface area contributed by atoms with Gasteiger partial charge in [-0.15, -0.1) is 11.3 Å². The van der Waals surface area contributed by atoms with E-state index in [1.807, 2.05) is 11.4 Å². The lowest BCUT2D eigenvalue weighted by molar-refractivity contribution is 0.385. The Balaban J connectivity index is 1.76. The predicted molar refractivity (Wildman–Crippen MR) is 79.9 cm³/mol. The molecule has 3 rings (SSSR count). The number of rotatable bonds is 3. The molecule has 0 bridgehead atoms. The van der Waals surface area contributed by atoms with Crippen LogP contribution in [-0.4, -0.2) is 15.0 Å². The molecule has 20 heavy (non-hydrogen) atoms. The summed E-state index contributed by atoms with van der Waals surface area (Å²) in [4.78, 5) is 13.8. The lowest BCUT2D eigenvalue weighted by atomic mass is 9.94. The van der Waals surface area contributed by atoms with Gasteiger partial charge < -0.3 is 9.73 Å². The number of anilines is 1. The van der Waals surface area contributed by atoms with Crippen LogP contribution in [0.3, 0.4) is 0 Å². The highest BCUT2D eigenvalue weighted by Crippen LogP contribution is 2.25. The molecule has 3 aromatic heterocycles. The van der Waals surface area contributed by atoms with E-state index in [9.17, 15) is 0 Å². The minimum Gasteiger partial charge on any atom is -0.443 e. The Morgan fingerprint density at radius 1 is 1.25 bits per heavy atom. The summed E-state index contributed by atoms with van der Waals surface area (Å²) in [5.41, 5.74) is -0.0270. The number of hydrogen-bond donors (Lipinski definition) is 1. The Labute approximate surface area is 121 Å². The summed E-state index contributed by atoms with van der Waals surface area (Å²) in [5, 5.41) is 6.29. The number of nitrogens with one attached hydrogen (secondary N) is 1. The first-order valence-electron chi connectivity index (χ1n) is 6.41. The first-order valence-corrected chi connectivity index (χ1v) is 7.29. The van der Waals surface area contributed by atoms with Gasteiger partial charge in [0.1, 0.15) is 22.7 Å². The van der Waals surface area contributed by atoms with Crippen LogP contribution in [0.15, 0.2) is 28.4 Å². The molecule has 104 valence electrons. The molecule has 0 atom stereocenters. The van der Waals surface area contributed by atoms with Gasteiger partial charge in [-0.25, -0.2) is 15.0 Å². The molecule has 0 fully saturated rings. The Morgan fingerprint density at radius 3 is 2.85 bits per heavy atom. The normalized spacial score (nSPS) is 11.9. The Morgan fingerprint density at radius 2 is 2.10 bits per heavy atom. The van der Waals surface area contributed by atoms with E-state index in [1.54, 1.807) is 23.9 Å². The Kier molecular flexibility index (Phi) is 3.17. The maximum Gasteiger partial charge on any atom is 0.213 e. The summed E-state index contributed by atoms with van der Waals surface area (Å²) in [6.45, 7) is 6.82. The zero-order valence-electron chi connectivity index (χ0n) is 11.7. The molecule has 0 aliphatic heterocycles. The van der Waals surface area contributed by atoms with Crippen molar-refractivity contribution in [3.8, 4) is 0 Å². The molecule has 0 saturated carbocycles. The second-order valence-electron chi connectivity index (χ2n) is 5.58. The van der Waals surface area contributed by atoms with Gasteiger partial charge in [0.15, 0.2) is 0 Å². The van der Waals surface area contributed by atoms with Crippen molar-refractivity contribution in [1.82, 2.24) is 15.0 Å². The summed E-state index contributed by atoms with van der Waals surface area (Å²) in [7, 11) is 0. The maximum atomic E-state index is 5.75. The summed E-state index contributed by atoms with van der Waals surface area (Å²) in [5.74, 6) is 2.36. The molecule has 0 radical (unpaired) electrons. The monoisotopic (exact) mass is 288 g/mol. The van der Waals surface area contributed by atoms with Crippen molar-refractivity contribution in [3.05, 3.63) is 35.6 Å². The third kappa shape index (κ3) is 2.51. The standard InChI is InChI=1S/C14H16N4OS/c1-14(2,3)10-6-15-11(19-10)7-16-12-9-4-5-20-13(9)18-8-17-12/h4-6,8H,7H2,1-3H3,(H,16,17,18). The van der Waals surface area contributed by atoms with Crippen molar-refractivity contribution in [2.75, 3.05) is 5.32 Å². The van der Waals surface area contributed by atoms with E-state index in [4.69, 9.17) is 4.42 Å². The van der Waals surface area contributed by atoms with E-state index in [1.165, 1.54) is 0 Å². The molecular weight excluding hydrogens is 272 g/mol. The number of oxazole rings is 1. The minimum absolute atomic E-state index is 0.0270. The molecule has 0 aromatic carbocycles. The van der Waals surface area contributed by atoms with Crippen molar-refractivity contribution in [2.24, 2.45) is 0 Å². The Bertz CT molecular complexity index is 726. The van der Waals surface area contributed by atoms with E-state index in [0.29, 0.717) is 12.4 Å². The van der Waals surface area contributed by atoms with Gasteiger partial charge in [-0.1, -0.05) is 20.8 Å². The molecule has 0 aliphatic rings. The van der Waals surface area contributed by atoms with Crippen molar-refractivity contribution < 1.29 is 4.42 Å². The highest BCUT2D eigenvalue weighted by atomic mass is 32.1. The molecule has 0 aliphatic carbocycles. The average Bonchev–Trinajstić information content (AvgIpc) is 3.04. The van der Waals surface area contributed by atoms with Crippen LogP contribution >= 0.6 is 11.3 Å². The fourth-order valence-electron chi connectivity index (χ4n) is 1.83. The molecule has 0 unspecified atom stereocenters. The number of hydrogen-bond acceptors (Lipinski definition) is 6. The number of aromatic nitrogens is 3. The van der Waals surface area contributed by atoms with Crippen LogP contribution in [0.5, 0.6) is 0 Å². The van der Waals surface area contributed by atoms with Crippen LogP contribution in [0.1, 0.15) is 32.4 Å². The minimum atomic E-state index is -0.0270. The molecule has 3 aromatic rings. The molecule has 3 heterocycles. The fraction of sp³-hybridized carbons (Fsp3) is 0.357. The summed E-state index contributed by atoms with van der Waals surface area (Å²) < 4.78 is 5.75. The van der Waals surface area contributed by atoms with E-state index in [-0.39, 0.29) is 5.41 Å². The van der Waals surface area contributed by atoms with Crippen LogP contribution in [0.4, 0.5) is 5.82 Å². The zero-order valence-corrected chi connectivity index (χ0v) is 12.5. The van der Waals surface area contributed by atoms with Gasteiger partial charge in [0.25, 0.3) is 0 Å². The number of nitrogens with zero attached hydrogens (tertiary/aromatic N) is 3. The Hall–Kier alpha value is -1.95. The van der Waals surface area contributed by atoms with Crippen LogP contribution in [0.25, 0.3) is 10.2 Å². The lowest BCUT2D eigenvalue weighted by Gasteiger charge is -2.13. The molecule has 0 spiro atoms. The largest absolute Gasteiger partial charge is 0.443 e. The lowest BCUT2D eigenvalue weighted by Crippen LogP contribution is -2.09. The molecular formula is C14H16N4OS. The molecule has 6 heteroatoms.